The van der Waals surface area contributed by atoms with Crippen molar-refractivity contribution >= 4 is 5.91 Å². The van der Waals surface area contributed by atoms with Gasteiger partial charge in [0.2, 0.25) is 5.91 Å². The Kier molecular flexibility index (Phi) is 6.13. The molecule has 1 aromatic heterocycles. The molecule has 0 saturated heterocycles. The summed E-state index contributed by atoms with van der Waals surface area (Å²) in [6, 6.07) is 6.90. The number of aromatic nitrogens is 2. The van der Waals surface area contributed by atoms with Crippen LogP contribution in [0.25, 0.3) is 0 Å². The Bertz CT molecular complexity index is 839. The normalized spacial score (nSPS) is 11.8. The van der Waals surface area contributed by atoms with Crippen LogP contribution in [-0.4, -0.2) is 34.6 Å². The van der Waals surface area contributed by atoms with Crippen LogP contribution in [-0.2, 0) is 11.2 Å². The first-order valence-electron chi connectivity index (χ1n) is 7.81. The highest BCUT2D eigenvalue weighted by Gasteiger charge is 2.12. The van der Waals surface area contributed by atoms with Gasteiger partial charge in [0.25, 0.3) is 5.56 Å². The molecule has 1 unspecified atom stereocenters. The van der Waals surface area contributed by atoms with Crippen molar-refractivity contribution in [3.63, 3.8) is 0 Å². The quantitative estimate of drug-likeness (QED) is 0.568. The fourth-order valence-electron chi connectivity index (χ4n) is 2.41. The molecule has 2 aromatic rings. The van der Waals surface area contributed by atoms with Gasteiger partial charge < -0.3 is 20.1 Å². The van der Waals surface area contributed by atoms with Crippen LogP contribution in [0.1, 0.15) is 29.3 Å². The molecule has 25 heavy (non-hydrogen) atoms. The number of amides is 1. The number of benzene rings is 1. The molecule has 0 radical (unpaired) electrons. The zero-order valence-electron chi connectivity index (χ0n) is 14.1. The summed E-state index contributed by atoms with van der Waals surface area (Å²) in [7, 11) is 1.56. The maximum absolute atomic E-state index is 11.9. The van der Waals surface area contributed by atoms with E-state index in [-0.39, 0.29) is 25.3 Å². The first kappa shape index (κ1) is 18.5. The number of rotatable bonds is 7. The predicted octanol–water partition coefficient (Wildman–Crippen LogP) is 0.163. The fourth-order valence-corrected chi connectivity index (χ4v) is 2.41. The third kappa shape index (κ3) is 5.05. The third-order valence-electron chi connectivity index (χ3n) is 3.85. The minimum absolute atomic E-state index is 0.0616. The molecule has 1 atom stereocenters. The Hall–Kier alpha value is -2.87. The number of H-pyrrole nitrogens is 2. The van der Waals surface area contributed by atoms with E-state index in [4.69, 9.17) is 4.74 Å². The Morgan fingerprint density at radius 2 is 1.92 bits per heavy atom. The number of hydrogen-bond acceptors (Lipinski definition) is 5. The van der Waals surface area contributed by atoms with Gasteiger partial charge in [-0.25, -0.2) is 4.79 Å². The summed E-state index contributed by atoms with van der Waals surface area (Å²) in [5.41, 5.74) is 0.407. The van der Waals surface area contributed by atoms with Crippen LogP contribution in [0.4, 0.5) is 0 Å². The van der Waals surface area contributed by atoms with E-state index in [9.17, 15) is 19.5 Å². The van der Waals surface area contributed by atoms with E-state index in [1.165, 1.54) is 0 Å². The number of aliphatic hydroxyl groups excluding tert-OH is 1. The number of carbonyl (C=O) groups is 1. The molecule has 1 amide bonds. The Morgan fingerprint density at radius 3 is 2.52 bits per heavy atom. The molecule has 8 nitrogen and oxygen atoms in total. The van der Waals surface area contributed by atoms with E-state index in [1.54, 1.807) is 38.3 Å². The van der Waals surface area contributed by atoms with Crippen molar-refractivity contribution in [2.75, 3.05) is 13.7 Å². The zero-order chi connectivity index (χ0) is 18.4. The van der Waals surface area contributed by atoms with Crippen LogP contribution in [0.3, 0.4) is 0 Å². The third-order valence-corrected chi connectivity index (χ3v) is 3.85. The molecule has 0 aliphatic carbocycles. The van der Waals surface area contributed by atoms with Gasteiger partial charge in [-0.05, 0) is 31.0 Å². The number of aryl methyl sites for hydroxylation is 1. The average Bonchev–Trinajstić information content (AvgIpc) is 2.58. The lowest BCUT2D eigenvalue weighted by Gasteiger charge is -2.13. The minimum atomic E-state index is -0.840. The van der Waals surface area contributed by atoms with Crippen LogP contribution in [0.2, 0.25) is 0 Å². The van der Waals surface area contributed by atoms with Gasteiger partial charge in [0, 0.05) is 24.2 Å². The van der Waals surface area contributed by atoms with E-state index in [0.29, 0.717) is 22.6 Å². The van der Waals surface area contributed by atoms with Crippen LogP contribution in [0, 0.1) is 6.92 Å². The molecular weight excluding hydrogens is 326 g/mol. The predicted molar refractivity (Wildman–Crippen MR) is 91.7 cm³/mol. The SMILES string of the molecule is COc1ccc(C(O)CNC(=O)CCc2c(C)[nH]c(=O)[nH]c2=O)cc1. The van der Waals surface area contributed by atoms with Gasteiger partial charge in [0.15, 0.2) is 0 Å². The molecule has 8 heteroatoms. The lowest BCUT2D eigenvalue weighted by Crippen LogP contribution is -2.31. The van der Waals surface area contributed by atoms with E-state index in [2.05, 4.69) is 15.3 Å². The molecule has 0 saturated carbocycles. The first-order valence-corrected chi connectivity index (χ1v) is 7.81. The summed E-state index contributed by atoms with van der Waals surface area (Å²) in [6.07, 6.45) is -0.568. The second kappa shape index (κ2) is 8.29. The number of nitrogens with one attached hydrogen (secondary N) is 3. The maximum atomic E-state index is 11.9. The van der Waals surface area contributed by atoms with Gasteiger partial charge in [-0.3, -0.25) is 14.6 Å². The number of carbonyl (C=O) groups excluding carboxylic acids is 1. The summed E-state index contributed by atoms with van der Waals surface area (Å²) in [5, 5.41) is 12.7. The summed E-state index contributed by atoms with van der Waals surface area (Å²) in [6.45, 7) is 1.67. The molecule has 1 heterocycles. The Balaban J connectivity index is 1.86. The highest BCUT2D eigenvalue weighted by Crippen LogP contribution is 2.16. The zero-order valence-corrected chi connectivity index (χ0v) is 14.1. The maximum Gasteiger partial charge on any atom is 0.325 e. The number of ether oxygens (including phenoxy) is 1. The topological polar surface area (TPSA) is 124 Å². The second-order valence-corrected chi connectivity index (χ2v) is 5.60. The van der Waals surface area contributed by atoms with E-state index in [0.717, 1.165) is 0 Å². The van der Waals surface area contributed by atoms with Crippen molar-refractivity contribution in [3.8, 4) is 5.75 Å². The van der Waals surface area contributed by atoms with E-state index >= 15 is 0 Å². The summed E-state index contributed by atoms with van der Waals surface area (Å²) in [4.78, 5) is 39.4. The number of aliphatic hydroxyl groups is 1. The van der Waals surface area contributed by atoms with Crippen LogP contribution in [0.5, 0.6) is 5.75 Å². The van der Waals surface area contributed by atoms with Crippen LogP contribution < -0.4 is 21.3 Å². The minimum Gasteiger partial charge on any atom is -0.497 e. The fraction of sp³-hybridized carbons (Fsp3) is 0.353. The molecule has 0 bridgehead atoms. The van der Waals surface area contributed by atoms with E-state index < -0.39 is 17.4 Å². The van der Waals surface area contributed by atoms with E-state index in [1.807, 2.05) is 0 Å². The molecule has 0 aliphatic heterocycles. The summed E-state index contributed by atoms with van der Waals surface area (Å²) < 4.78 is 5.05. The monoisotopic (exact) mass is 347 g/mol. The van der Waals surface area contributed by atoms with Gasteiger partial charge in [-0.15, -0.1) is 0 Å². The van der Waals surface area contributed by atoms with Crippen molar-refractivity contribution in [3.05, 3.63) is 61.9 Å². The molecule has 4 N–H and O–H groups in total. The number of methoxy groups -OCH3 is 1. The van der Waals surface area contributed by atoms with Crippen LogP contribution in [0.15, 0.2) is 33.9 Å². The molecule has 0 spiro atoms. The average molecular weight is 347 g/mol. The lowest BCUT2D eigenvalue weighted by molar-refractivity contribution is -0.121. The first-order chi connectivity index (χ1) is 11.9. The van der Waals surface area contributed by atoms with Crippen molar-refractivity contribution < 1.29 is 14.6 Å². The molecule has 1 aromatic carbocycles. The molecule has 0 fully saturated rings. The van der Waals surface area contributed by atoms with Crippen molar-refractivity contribution in [1.82, 2.24) is 15.3 Å². The highest BCUT2D eigenvalue weighted by molar-refractivity contribution is 5.76. The molecule has 134 valence electrons. The molecule has 0 aliphatic rings. The largest absolute Gasteiger partial charge is 0.497 e. The standard InChI is InChI=1S/C17H21N3O5/c1-10-13(16(23)20-17(24)19-10)7-8-15(22)18-9-14(21)11-3-5-12(25-2)6-4-11/h3-6,14,21H,7-9H2,1-2H3,(H,18,22)(H2,19,20,23,24). The second-order valence-electron chi connectivity index (χ2n) is 5.60. The summed E-state index contributed by atoms with van der Waals surface area (Å²) in [5.74, 6) is 0.388. The van der Waals surface area contributed by atoms with Crippen molar-refractivity contribution in [2.24, 2.45) is 0 Å². The highest BCUT2D eigenvalue weighted by atomic mass is 16.5. The van der Waals surface area contributed by atoms with Crippen molar-refractivity contribution in [1.29, 1.82) is 0 Å². The van der Waals surface area contributed by atoms with Gasteiger partial charge in [0.05, 0.1) is 13.2 Å². The lowest BCUT2D eigenvalue weighted by atomic mass is 10.1. The molecular formula is C17H21N3O5. The van der Waals surface area contributed by atoms with Gasteiger partial charge in [0.1, 0.15) is 5.75 Å². The van der Waals surface area contributed by atoms with Gasteiger partial charge >= 0.3 is 5.69 Å². The Morgan fingerprint density at radius 1 is 1.24 bits per heavy atom. The molecule has 2 rings (SSSR count). The van der Waals surface area contributed by atoms with Gasteiger partial charge in [-0.2, -0.15) is 0 Å². The van der Waals surface area contributed by atoms with Crippen molar-refractivity contribution in [2.45, 2.75) is 25.9 Å². The Labute approximate surface area is 143 Å². The number of hydrogen-bond donors (Lipinski definition) is 4. The summed E-state index contributed by atoms with van der Waals surface area (Å²) >= 11 is 0. The number of aromatic amines is 2. The van der Waals surface area contributed by atoms with Gasteiger partial charge in [-0.1, -0.05) is 12.1 Å². The smallest absolute Gasteiger partial charge is 0.325 e. The van der Waals surface area contributed by atoms with Crippen LogP contribution >= 0.6 is 0 Å².